The lowest BCUT2D eigenvalue weighted by molar-refractivity contribution is 0.244. The maximum Gasteiger partial charge on any atom is 0.125 e. The number of rotatable bonds is 4. The topological polar surface area (TPSA) is 17.8 Å². The van der Waals surface area contributed by atoms with Crippen LogP contribution >= 0.6 is 11.6 Å². The number of imidazole rings is 1. The third-order valence-electron chi connectivity index (χ3n) is 4.98. The molecular weight excluding hydrogens is 280 g/mol. The molecule has 1 heterocycles. The van der Waals surface area contributed by atoms with Gasteiger partial charge in [-0.1, -0.05) is 32.3 Å². The Morgan fingerprint density at radius 2 is 2.05 bits per heavy atom. The fraction of sp³-hybridized carbons (Fsp3) is 0.611. The van der Waals surface area contributed by atoms with Crippen molar-refractivity contribution in [3.63, 3.8) is 0 Å². The second kappa shape index (κ2) is 6.39. The minimum Gasteiger partial charge on any atom is -0.324 e. The molecule has 1 atom stereocenters. The number of nitrogens with zero attached hydrogens (tertiary/aromatic N) is 2. The van der Waals surface area contributed by atoms with Crippen molar-refractivity contribution in [3.8, 4) is 0 Å². The van der Waals surface area contributed by atoms with Crippen molar-refractivity contribution in [1.82, 2.24) is 9.55 Å². The molecule has 0 aliphatic heterocycles. The highest BCUT2D eigenvalue weighted by Gasteiger charge is 2.26. The fourth-order valence-corrected chi connectivity index (χ4v) is 4.15. The summed E-state index contributed by atoms with van der Waals surface area (Å²) in [5, 5.41) is 0. The molecule has 1 saturated carbocycles. The molecule has 0 spiro atoms. The molecule has 21 heavy (non-hydrogen) atoms. The van der Waals surface area contributed by atoms with Gasteiger partial charge in [-0.15, -0.1) is 11.6 Å². The van der Waals surface area contributed by atoms with Crippen LogP contribution in [0.15, 0.2) is 18.2 Å². The summed E-state index contributed by atoms with van der Waals surface area (Å²) in [6, 6.07) is 7.08. The van der Waals surface area contributed by atoms with E-state index in [-0.39, 0.29) is 0 Å². The zero-order chi connectivity index (χ0) is 14.8. The zero-order valence-corrected chi connectivity index (χ0v) is 13.9. The lowest BCUT2D eigenvalue weighted by Gasteiger charge is -2.32. The summed E-state index contributed by atoms with van der Waals surface area (Å²) in [4.78, 5) is 4.77. The van der Waals surface area contributed by atoms with Crippen molar-refractivity contribution in [2.24, 2.45) is 5.92 Å². The van der Waals surface area contributed by atoms with Crippen LogP contribution in [0.1, 0.15) is 62.9 Å². The van der Waals surface area contributed by atoms with Gasteiger partial charge in [0.2, 0.25) is 0 Å². The highest BCUT2D eigenvalue weighted by atomic mass is 35.5. The molecule has 0 amide bonds. The van der Waals surface area contributed by atoms with Gasteiger partial charge in [-0.05, 0) is 49.8 Å². The van der Waals surface area contributed by atoms with Gasteiger partial charge in [-0.25, -0.2) is 4.98 Å². The largest absolute Gasteiger partial charge is 0.324 e. The van der Waals surface area contributed by atoms with E-state index in [1.807, 2.05) is 0 Å². The van der Waals surface area contributed by atoms with Crippen molar-refractivity contribution >= 4 is 22.6 Å². The van der Waals surface area contributed by atoms with E-state index in [2.05, 4.69) is 36.6 Å². The summed E-state index contributed by atoms with van der Waals surface area (Å²) in [5.74, 6) is 2.31. The van der Waals surface area contributed by atoms with E-state index in [0.717, 1.165) is 23.7 Å². The smallest absolute Gasteiger partial charge is 0.125 e. The summed E-state index contributed by atoms with van der Waals surface area (Å²) in [6.07, 6.45) is 8.02. The summed E-state index contributed by atoms with van der Waals surface area (Å²) >= 11 is 6.20. The molecule has 2 nitrogen and oxygen atoms in total. The first kappa shape index (κ1) is 14.9. The number of hydrogen-bond donors (Lipinski definition) is 0. The molecule has 1 fully saturated rings. The molecule has 0 N–H and O–H groups in total. The quantitative estimate of drug-likeness (QED) is 0.671. The van der Waals surface area contributed by atoms with E-state index in [4.69, 9.17) is 16.6 Å². The summed E-state index contributed by atoms with van der Waals surface area (Å²) in [5.41, 5.74) is 3.65. The number of aromatic nitrogens is 2. The van der Waals surface area contributed by atoms with Gasteiger partial charge in [0.25, 0.3) is 0 Å². The molecule has 0 saturated heterocycles. The van der Waals surface area contributed by atoms with Gasteiger partial charge in [0.1, 0.15) is 5.82 Å². The van der Waals surface area contributed by atoms with Gasteiger partial charge < -0.3 is 4.57 Å². The van der Waals surface area contributed by atoms with Crippen LogP contribution in [0.3, 0.4) is 0 Å². The first-order valence-electron chi connectivity index (χ1n) is 8.28. The molecule has 2 aromatic rings. The van der Waals surface area contributed by atoms with E-state index in [1.165, 1.54) is 43.2 Å². The van der Waals surface area contributed by atoms with Gasteiger partial charge in [0, 0.05) is 6.04 Å². The first-order chi connectivity index (χ1) is 10.2. The van der Waals surface area contributed by atoms with Gasteiger partial charge >= 0.3 is 0 Å². The third-order valence-corrected chi connectivity index (χ3v) is 5.22. The lowest BCUT2D eigenvalue weighted by atomic mass is 9.82. The SMILES string of the molecule is CCC(C1CCCCC1)n1c(CCl)nc2ccc(C)cc21. The average molecular weight is 305 g/mol. The number of aryl methyl sites for hydroxylation is 1. The lowest BCUT2D eigenvalue weighted by Crippen LogP contribution is -2.22. The first-order valence-corrected chi connectivity index (χ1v) is 8.81. The second-order valence-corrected chi connectivity index (χ2v) is 6.66. The standard InChI is InChI=1S/C18H25ClN2/c1-3-16(14-7-5-4-6-8-14)21-17-11-13(2)9-10-15(17)20-18(21)12-19/h9-11,14,16H,3-8,12H2,1-2H3. The van der Waals surface area contributed by atoms with Gasteiger partial charge in [-0.2, -0.15) is 0 Å². The Balaban J connectivity index is 2.08. The number of hydrogen-bond acceptors (Lipinski definition) is 1. The second-order valence-electron chi connectivity index (χ2n) is 6.40. The highest BCUT2D eigenvalue weighted by molar-refractivity contribution is 6.16. The minimum atomic E-state index is 0.497. The molecule has 1 unspecified atom stereocenters. The van der Waals surface area contributed by atoms with Crippen molar-refractivity contribution in [3.05, 3.63) is 29.6 Å². The Labute approximate surface area is 132 Å². The summed E-state index contributed by atoms with van der Waals surface area (Å²) in [6.45, 7) is 4.46. The van der Waals surface area contributed by atoms with E-state index >= 15 is 0 Å². The van der Waals surface area contributed by atoms with Crippen molar-refractivity contribution in [2.75, 3.05) is 0 Å². The van der Waals surface area contributed by atoms with Gasteiger partial charge in [-0.3, -0.25) is 0 Å². The van der Waals surface area contributed by atoms with Crippen LogP contribution in [0.4, 0.5) is 0 Å². The molecule has 1 aromatic carbocycles. The molecule has 1 aliphatic carbocycles. The minimum absolute atomic E-state index is 0.497. The number of alkyl halides is 1. The van der Waals surface area contributed by atoms with Gasteiger partial charge in [0.05, 0.1) is 16.9 Å². The van der Waals surface area contributed by atoms with Crippen molar-refractivity contribution in [1.29, 1.82) is 0 Å². The van der Waals surface area contributed by atoms with Crippen LogP contribution in [0, 0.1) is 12.8 Å². The Bertz CT molecular complexity index is 611. The van der Waals surface area contributed by atoms with E-state index < -0.39 is 0 Å². The van der Waals surface area contributed by atoms with Crippen LogP contribution in [-0.2, 0) is 5.88 Å². The van der Waals surface area contributed by atoms with Gasteiger partial charge in [0.15, 0.2) is 0 Å². The molecule has 1 aromatic heterocycles. The van der Waals surface area contributed by atoms with Crippen LogP contribution in [0.25, 0.3) is 11.0 Å². The molecule has 1 aliphatic rings. The van der Waals surface area contributed by atoms with Crippen LogP contribution < -0.4 is 0 Å². The Morgan fingerprint density at radius 1 is 1.29 bits per heavy atom. The Morgan fingerprint density at radius 3 is 2.71 bits per heavy atom. The average Bonchev–Trinajstić information content (AvgIpc) is 2.87. The predicted molar refractivity (Wildman–Crippen MR) is 89.9 cm³/mol. The van der Waals surface area contributed by atoms with Crippen molar-refractivity contribution < 1.29 is 0 Å². The van der Waals surface area contributed by atoms with E-state index in [9.17, 15) is 0 Å². The number of halogens is 1. The van der Waals surface area contributed by atoms with Crippen LogP contribution in [0.2, 0.25) is 0 Å². The maximum atomic E-state index is 6.20. The molecule has 114 valence electrons. The molecule has 0 radical (unpaired) electrons. The van der Waals surface area contributed by atoms with Crippen LogP contribution in [-0.4, -0.2) is 9.55 Å². The fourth-order valence-electron chi connectivity index (χ4n) is 3.96. The maximum absolute atomic E-state index is 6.20. The molecule has 0 bridgehead atoms. The van der Waals surface area contributed by atoms with Crippen molar-refractivity contribution in [2.45, 2.75) is 64.3 Å². The Kier molecular flexibility index (Phi) is 4.54. The zero-order valence-electron chi connectivity index (χ0n) is 13.1. The monoisotopic (exact) mass is 304 g/mol. The third kappa shape index (κ3) is 2.83. The normalized spacial score (nSPS) is 18.2. The number of benzene rings is 1. The summed E-state index contributed by atoms with van der Waals surface area (Å²) in [7, 11) is 0. The predicted octanol–water partition coefficient (Wildman–Crippen LogP) is 5.61. The van der Waals surface area contributed by atoms with Crippen LogP contribution in [0.5, 0.6) is 0 Å². The molecule has 3 heteroatoms. The Hall–Kier alpha value is -1.02. The van der Waals surface area contributed by atoms with E-state index in [0.29, 0.717) is 11.9 Å². The number of fused-ring (bicyclic) bond motifs is 1. The molecule has 3 rings (SSSR count). The van der Waals surface area contributed by atoms with E-state index in [1.54, 1.807) is 0 Å². The molecular formula is C18H25ClN2. The highest BCUT2D eigenvalue weighted by Crippen LogP contribution is 2.37. The summed E-state index contributed by atoms with van der Waals surface area (Å²) < 4.78 is 2.45.